The summed E-state index contributed by atoms with van der Waals surface area (Å²) < 4.78 is 13.4. The van der Waals surface area contributed by atoms with Crippen molar-refractivity contribution in [2.45, 2.75) is 0 Å². The molecule has 0 saturated heterocycles. The van der Waals surface area contributed by atoms with Gasteiger partial charge in [0.25, 0.3) is 0 Å². The van der Waals surface area contributed by atoms with Gasteiger partial charge >= 0.3 is 0 Å². The van der Waals surface area contributed by atoms with E-state index >= 15 is 0 Å². The fraction of sp³-hybridized carbons (Fsp3) is 0. The van der Waals surface area contributed by atoms with Gasteiger partial charge in [-0.3, -0.25) is 0 Å². The summed E-state index contributed by atoms with van der Waals surface area (Å²) in [5.41, 5.74) is 0.460. The highest BCUT2D eigenvalue weighted by molar-refractivity contribution is 14.1. The van der Waals surface area contributed by atoms with Crippen LogP contribution in [0.25, 0.3) is 0 Å². The van der Waals surface area contributed by atoms with Gasteiger partial charge in [0.15, 0.2) is 0 Å². The largest absolute Gasteiger partial charge is 0.207 e. The van der Waals surface area contributed by atoms with E-state index in [9.17, 15) is 4.39 Å². The highest BCUT2D eigenvalue weighted by Gasteiger charge is 1.94. The molecule has 9 heavy (non-hydrogen) atoms. The maximum absolute atomic E-state index is 12.4. The third-order valence-electron chi connectivity index (χ3n) is 1.01. The zero-order valence-corrected chi connectivity index (χ0v) is 6.85. The molecule has 0 aromatic heterocycles. The van der Waals surface area contributed by atoms with Crippen LogP contribution in [0.5, 0.6) is 0 Å². The maximum atomic E-state index is 12.4. The molecule has 0 atom stereocenters. The van der Waals surface area contributed by atoms with Crippen molar-refractivity contribution in [3.8, 4) is 0 Å². The summed E-state index contributed by atoms with van der Waals surface area (Å²) in [7, 11) is 0. The molecule has 0 aliphatic heterocycles. The highest BCUT2D eigenvalue weighted by atomic mass is 127. The molecule has 0 aliphatic rings. The fourth-order valence-electron chi connectivity index (χ4n) is 0.543. The molecule has 47 valence electrons. The summed E-state index contributed by atoms with van der Waals surface area (Å²) in [5, 5.41) is 0. The lowest BCUT2D eigenvalue weighted by atomic mass is 10.2. The van der Waals surface area contributed by atoms with Gasteiger partial charge in [-0.2, -0.15) is 0 Å². The Morgan fingerprint density at radius 1 is 1.44 bits per heavy atom. The molecular formula is C7H5FI. The Morgan fingerprint density at radius 2 is 2.11 bits per heavy atom. The second-order valence-electron chi connectivity index (χ2n) is 1.74. The van der Waals surface area contributed by atoms with Crippen LogP contribution in [0.4, 0.5) is 4.39 Å². The first-order valence-corrected chi connectivity index (χ1v) is 3.55. The number of benzene rings is 1. The van der Waals surface area contributed by atoms with Gasteiger partial charge in [0.2, 0.25) is 0 Å². The first-order chi connectivity index (χ1) is 4.20. The van der Waals surface area contributed by atoms with E-state index in [1.165, 1.54) is 6.07 Å². The average Bonchev–Trinajstić information content (AvgIpc) is 1.80. The summed E-state index contributed by atoms with van der Waals surface area (Å²) in [5.74, 6) is -0.240. The van der Waals surface area contributed by atoms with Crippen LogP contribution in [-0.2, 0) is 0 Å². The highest BCUT2D eigenvalue weighted by Crippen LogP contribution is 2.10. The summed E-state index contributed by atoms with van der Waals surface area (Å²) in [6.07, 6.45) is 0. The van der Waals surface area contributed by atoms with Crippen LogP contribution < -0.4 is 0 Å². The van der Waals surface area contributed by atoms with E-state index < -0.39 is 0 Å². The molecule has 0 fully saturated rings. The third kappa shape index (κ3) is 1.64. The first-order valence-electron chi connectivity index (χ1n) is 2.47. The van der Waals surface area contributed by atoms with Gasteiger partial charge in [0.05, 0.1) is 0 Å². The number of rotatable bonds is 0. The predicted octanol–water partition coefficient (Wildman–Crippen LogP) is 2.61. The second kappa shape index (κ2) is 2.64. The van der Waals surface area contributed by atoms with Crippen molar-refractivity contribution >= 4 is 22.6 Å². The number of halogens is 2. The molecule has 1 aromatic rings. The zero-order chi connectivity index (χ0) is 6.85. The van der Waals surface area contributed by atoms with E-state index in [0.717, 1.165) is 3.57 Å². The average molecular weight is 235 g/mol. The minimum atomic E-state index is -0.240. The maximum Gasteiger partial charge on any atom is 0.126 e. The van der Waals surface area contributed by atoms with Gasteiger partial charge in [-0.25, -0.2) is 4.39 Å². The van der Waals surface area contributed by atoms with Gasteiger partial charge in [0, 0.05) is 3.57 Å². The van der Waals surface area contributed by atoms with Gasteiger partial charge in [-0.15, -0.1) is 0 Å². The van der Waals surface area contributed by atoms with E-state index in [-0.39, 0.29) is 5.82 Å². The Kier molecular flexibility index (Phi) is 2.05. The minimum absolute atomic E-state index is 0.240. The summed E-state index contributed by atoms with van der Waals surface area (Å²) in [4.78, 5) is 0. The number of hydrogen-bond donors (Lipinski definition) is 0. The molecular weight excluding hydrogens is 230 g/mol. The SMILES string of the molecule is [CH2]c1cc(I)ccc1F. The van der Waals surface area contributed by atoms with Crippen molar-refractivity contribution in [3.63, 3.8) is 0 Å². The van der Waals surface area contributed by atoms with Crippen LogP contribution in [0.1, 0.15) is 5.56 Å². The van der Waals surface area contributed by atoms with Crippen LogP contribution in [0.2, 0.25) is 0 Å². The van der Waals surface area contributed by atoms with E-state index in [1.54, 1.807) is 12.1 Å². The Morgan fingerprint density at radius 3 is 2.56 bits per heavy atom. The molecule has 0 spiro atoms. The van der Waals surface area contributed by atoms with Crippen molar-refractivity contribution < 1.29 is 4.39 Å². The van der Waals surface area contributed by atoms with Crippen LogP contribution in [0.3, 0.4) is 0 Å². The van der Waals surface area contributed by atoms with Gasteiger partial charge in [0.1, 0.15) is 5.82 Å². The summed E-state index contributed by atoms with van der Waals surface area (Å²) in [6.45, 7) is 3.50. The van der Waals surface area contributed by atoms with Gasteiger partial charge < -0.3 is 0 Å². The van der Waals surface area contributed by atoms with Crippen LogP contribution >= 0.6 is 22.6 Å². The van der Waals surface area contributed by atoms with Crippen LogP contribution in [0.15, 0.2) is 18.2 Å². The third-order valence-corrected chi connectivity index (χ3v) is 1.68. The molecule has 1 aromatic carbocycles. The lowest BCUT2D eigenvalue weighted by molar-refractivity contribution is 0.622. The Bertz CT molecular complexity index is 220. The van der Waals surface area contributed by atoms with Crippen molar-refractivity contribution in [3.05, 3.63) is 40.1 Å². The lowest BCUT2D eigenvalue weighted by Crippen LogP contribution is -1.80. The number of hydrogen-bond acceptors (Lipinski definition) is 0. The summed E-state index contributed by atoms with van der Waals surface area (Å²) >= 11 is 2.12. The van der Waals surface area contributed by atoms with Crippen molar-refractivity contribution in [2.24, 2.45) is 0 Å². The van der Waals surface area contributed by atoms with Crippen molar-refractivity contribution in [2.75, 3.05) is 0 Å². The van der Waals surface area contributed by atoms with E-state index in [4.69, 9.17) is 0 Å². The quantitative estimate of drug-likeness (QED) is 0.606. The molecule has 0 bridgehead atoms. The Balaban J connectivity index is 3.17. The monoisotopic (exact) mass is 235 g/mol. The molecule has 0 aliphatic carbocycles. The molecule has 1 rings (SSSR count). The van der Waals surface area contributed by atoms with Crippen molar-refractivity contribution in [1.29, 1.82) is 0 Å². The fourth-order valence-corrected chi connectivity index (χ4v) is 1.10. The lowest BCUT2D eigenvalue weighted by Gasteiger charge is -1.93. The Labute approximate surface area is 67.2 Å². The molecule has 1 radical (unpaired) electrons. The van der Waals surface area contributed by atoms with Crippen molar-refractivity contribution in [1.82, 2.24) is 0 Å². The van der Waals surface area contributed by atoms with Crippen LogP contribution in [-0.4, -0.2) is 0 Å². The van der Waals surface area contributed by atoms with Gasteiger partial charge in [-0.05, 0) is 53.3 Å². The first kappa shape index (κ1) is 6.99. The summed E-state index contributed by atoms with van der Waals surface area (Å²) in [6, 6.07) is 4.84. The molecule has 0 unspecified atom stereocenters. The van der Waals surface area contributed by atoms with Gasteiger partial charge in [-0.1, -0.05) is 0 Å². The molecule has 0 N–H and O–H groups in total. The normalized spacial score (nSPS) is 9.67. The molecule has 2 heteroatoms. The zero-order valence-electron chi connectivity index (χ0n) is 4.70. The predicted molar refractivity (Wildman–Crippen MR) is 43.6 cm³/mol. The van der Waals surface area contributed by atoms with E-state index in [1.807, 2.05) is 0 Å². The molecule has 0 heterocycles. The minimum Gasteiger partial charge on any atom is -0.207 e. The Hall–Kier alpha value is -0.120. The smallest absolute Gasteiger partial charge is 0.126 e. The molecule has 0 amide bonds. The second-order valence-corrected chi connectivity index (χ2v) is 2.98. The topological polar surface area (TPSA) is 0 Å². The van der Waals surface area contributed by atoms with Crippen LogP contribution in [0, 0.1) is 16.3 Å². The van der Waals surface area contributed by atoms with E-state index in [0.29, 0.717) is 5.56 Å². The molecule has 0 saturated carbocycles. The van der Waals surface area contributed by atoms with E-state index in [2.05, 4.69) is 29.5 Å². The molecule has 0 nitrogen and oxygen atoms in total. The standard InChI is InChI=1S/C7H5FI/c1-5-4-6(9)2-3-7(5)8/h2-4H,1H2.